The van der Waals surface area contributed by atoms with Gasteiger partial charge in [0.1, 0.15) is 0 Å². The first-order chi connectivity index (χ1) is 9.29. The molecule has 1 fully saturated rings. The molecule has 1 aromatic carbocycles. The molecule has 0 spiro atoms. The molecule has 0 amide bonds. The van der Waals surface area contributed by atoms with Crippen molar-refractivity contribution >= 4 is 5.69 Å². The van der Waals surface area contributed by atoms with Crippen molar-refractivity contribution in [2.45, 2.75) is 32.7 Å². The Labute approximate surface area is 116 Å². The number of ether oxygens (including phenoxy) is 1. The van der Waals surface area contributed by atoms with E-state index in [0.29, 0.717) is 6.04 Å². The Bertz CT molecular complexity index is 358. The first kappa shape index (κ1) is 14.4. The molecule has 19 heavy (non-hydrogen) atoms. The highest BCUT2D eigenvalue weighted by atomic mass is 16.5. The van der Waals surface area contributed by atoms with Crippen LogP contribution in [0.25, 0.3) is 0 Å². The zero-order chi connectivity index (χ0) is 13.5. The minimum Gasteiger partial charge on any atom is -0.384 e. The van der Waals surface area contributed by atoms with E-state index in [2.05, 4.69) is 48.3 Å². The van der Waals surface area contributed by atoms with Crippen LogP contribution >= 0.6 is 0 Å². The monoisotopic (exact) mass is 262 g/mol. The summed E-state index contributed by atoms with van der Waals surface area (Å²) >= 11 is 0. The largest absolute Gasteiger partial charge is 0.384 e. The third kappa shape index (κ3) is 4.51. The Kier molecular flexibility index (Phi) is 5.67. The highest BCUT2D eigenvalue weighted by molar-refractivity contribution is 5.44. The van der Waals surface area contributed by atoms with E-state index in [0.717, 1.165) is 32.8 Å². The fraction of sp³-hybridized carbons (Fsp3) is 0.625. The predicted octanol–water partition coefficient (Wildman–Crippen LogP) is 2.91. The van der Waals surface area contributed by atoms with Gasteiger partial charge >= 0.3 is 0 Å². The van der Waals surface area contributed by atoms with Crippen molar-refractivity contribution in [3.05, 3.63) is 29.8 Å². The maximum Gasteiger partial charge on any atom is 0.0480 e. The Morgan fingerprint density at radius 3 is 2.53 bits per heavy atom. The fourth-order valence-electron chi connectivity index (χ4n) is 2.66. The van der Waals surface area contributed by atoms with Gasteiger partial charge in [0.2, 0.25) is 0 Å². The van der Waals surface area contributed by atoms with E-state index < -0.39 is 0 Å². The molecule has 106 valence electrons. The second-order valence-electron chi connectivity index (χ2n) is 5.26. The van der Waals surface area contributed by atoms with Crippen LogP contribution in [0.15, 0.2) is 24.3 Å². The summed E-state index contributed by atoms with van der Waals surface area (Å²) in [4.78, 5) is 2.57. The second-order valence-corrected chi connectivity index (χ2v) is 5.26. The lowest BCUT2D eigenvalue weighted by Gasteiger charge is -2.33. The van der Waals surface area contributed by atoms with Gasteiger partial charge in [-0.25, -0.2) is 0 Å². The zero-order valence-corrected chi connectivity index (χ0v) is 12.2. The molecule has 0 atom stereocenters. The third-order valence-corrected chi connectivity index (χ3v) is 3.89. The number of hydrogen-bond donors (Lipinski definition) is 1. The van der Waals surface area contributed by atoms with Crippen molar-refractivity contribution in [2.75, 3.05) is 38.2 Å². The van der Waals surface area contributed by atoms with E-state index in [9.17, 15) is 0 Å². The molecule has 3 nitrogen and oxygen atoms in total. The van der Waals surface area contributed by atoms with Gasteiger partial charge in [-0.2, -0.15) is 0 Å². The van der Waals surface area contributed by atoms with Gasteiger partial charge in [-0.05, 0) is 38.4 Å². The summed E-state index contributed by atoms with van der Waals surface area (Å²) in [7, 11) is 0. The number of aryl methyl sites for hydroxylation is 1. The van der Waals surface area contributed by atoms with Crippen molar-refractivity contribution in [1.82, 2.24) is 4.90 Å². The van der Waals surface area contributed by atoms with Gasteiger partial charge in [-0.1, -0.05) is 24.6 Å². The van der Waals surface area contributed by atoms with Crippen LogP contribution in [0.3, 0.4) is 0 Å². The number of nitrogens with zero attached hydrogens (tertiary/aromatic N) is 1. The van der Waals surface area contributed by atoms with Gasteiger partial charge in [0.25, 0.3) is 0 Å². The third-order valence-electron chi connectivity index (χ3n) is 3.89. The number of likely N-dealkylation sites (N-methyl/N-ethyl adjacent to an activating group) is 1. The van der Waals surface area contributed by atoms with Gasteiger partial charge in [0.05, 0.1) is 0 Å². The average molecular weight is 262 g/mol. The van der Waals surface area contributed by atoms with E-state index in [1.165, 1.54) is 24.1 Å². The SMILES string of the molecule is CCN(CCNc1ccc(C)cc1)C1CCOCC1. The molecule has 0 aromatic heterocycles. The molecular weight excluding hydrogens is 236 g/mol. The molecule has 1 saturated heterocycles. The van der Waals surface area contributed by atoms with E-state index in [1.807, 2.05) is 0 Å². The van der Waals surface area contributed by atoms with Crippen LogP contribution in [0.5, 0.6) is 0 Å². The Morgan fingerprint density at radius 2 is 1.89 bits per heavy atom. The molecular formula is C16H26N2O. The van der Waals surface area contributed by atoms with E-state index in [-0.39, 0.29) is 0 Å². The van der Waals surface area contributed by atoms with Crippen molar-refractivity contribution in [3.8, 4) is 0 Å². The summed E-state index contributed by atoms with van der Waals surface area (Å²) in [5.41, 5.74) is 2.52. The van der Waals surface area contributed by atoms with E-state index >= 15 is 0 Å². The standard InChI is InChI=1S/C16H26N2O/c1-3-18(16-8-12-19-13-9-16)11-10-17-15-6-4-14(2)5-7-15/h4-7,16-17H,3,8-13H2,1-2H3. The van der Waals surface area contributed by atoms with Crippen LogP contribution in [0.1, 0.15) is 25.3 Å². The number of rotatable bonds is 6. The van der Waals surface area contributed by atoms with Crippen LogP contribution < -0.4 is 5.32 Å². The maximum absolute atomic E-state index is 5.44. The minimum absolute atomic E-state index is 0.707. The number of anilines is 1. The smallest absolute Gasteiger partial charge is 0.0480 e. The summed E-state index contributed by atoms with van der Waals surface area (Å²) in [6.07, 6.45) is 2.36. The lowest BCUT2D eigenvalue weighted by atomic mass is 10.1. The highest BCUT2D eigenvalue weighted by Crippen LogP contribution is 2.14. The molecule has 0 bridgehead atoms. The quantitative estimate of drug-likeness (QED) is 0.853. The number of benzene rings is 1. The molecule has 1 heterocycles. The molecule has 0 radical (unpaired) electrons. The molecule has 1 N–H and O–H groups in total. The first-order valence-electron chi connectivity index (χ1n) is 7.42. The molecule has 0 unspecified atom stereocenters. The Morgan fingerprint density at radius 1 is 1.21 bits per heavy atom. The number of nitrogens with one attached hydrogen (secondary N) is 1. The van der Waals surface area contributed by atoms with Crippen molar-refractivity contribution in [3.63, 3.8) is 0 Å². The highest BCUT2D eigenvalue weighted by Gasteiger charge is 2.19. The fourth-order valence-corrected chi connectivity index (χ4v) is 2.66. The van der Waals surface area contributed by atoms with E-state index in [1.54, 1.807) is 0 Å². The van der Waals surface area contributed by atoms with Crippen molar-refractivity contribution in [1.29, 1.82) is 0 Å². The Hall–Kier alpha value is -1.06. The van der Waals surface area contributed by atoms with Gasteiger partial charge in [-0.15, -0.1) is 0 Å². The van der Waals surface area contributed by atoms with Crippen molar-refractivity contribution in [2.24, 2.45) is 0 Å². The molecule has 0 saturated carbocycles. The first-order valence-corrected chi connectivity index (χ1v) is 7.42. The van der Waals surface area contributed by atoms with Crippen LogP contribution in [-0.4, -0.2) is 43.8 Å². The summed E-state index contributed by atoms with van der Waals surface area (Å²) in [5, 5.41) is 3.50. The summed E-state index contributed by atoms with van der Waals surface area (Å²) < 4.78 is 5.44. The van der Waals surface area contributed by atoms with E-state index in [4.69, 9.17) is 4.74 Å². The molecule has 1 aliphatic rings. The topological polar surface area (TPSA) is 24.5 Å². The van der Waals surface area contributed by atoms with Gasteiger partial charge in [0, 0.05) is 38.0 Å². The minimum atomic E-state index is 0.707. The normalized spacial score (nSPS) is 16.8. The van der Waals surface area contributed by atoms with Crippen LogP contribution in [-0.2, 0) is 4.74 Å². The number of hydrogen-bond acceptors (Lipinski definition) is 3. The molecule has 1 aromatic rings. The van der Waals surface area contributed by atoms with Crippen LogP contribution in [0.4, 0.5) is 5.69 Å². The summed E-state index contributed by atoms with van der Waals surface area (Å²) in [6.45, 7) is 9.46. The maximum atomic E-state index is 5.44. The van der Waals surface area contributed by atoms with Gasteiger partial charge < -0.3 is 10.1 Å². The summed E-state index contributed by atoms with van der Waals surface area (Å²) in [6, 6.07) is 9.32. The Balaban J connectivity index is 1.74. The van der Waals surface area contributed by atoms with Crippen molar-refractivity contribution < 1.29 is 4.74 Å². The van der Waals surface area contributed by atoms with Gasteiger partial charge in [0.15, 0.2) is 0 Å². The van der Waals surface area contributed by atoms with Crippen LogP contribution in [0, 0.1) is 6.92 Å². The lowest BCUT2D eigenvalue weighted by molar-refractivity contribution is 0.0373. The van der Waals surface area contributed by atoms with Crippen LogP contribution in [0.2, 0.25) is 0 Å². The summed E-state index contributed by atoms with van der Waals surface area (Å²) in [5.74, 6) is 0. The average Bonchev–Trinajstić information content (AvgIpc) is 2.46. The second kappa shape index (κ2) is 7.51. The molecule has 1 aliphatic heterocycles. The lowest BCUT2D eigenvalue weighted by Crippen LogP contribution is -2.41. The van der Waals surface area contributed by atoms with Gasteiger partial charge in [-0.3, -0.25) is 4.90 Å². The zero-order valence-electron chi connectivity index (χ0n) is 12.2. The predicted molar refractivity (Wildman–Crippen MR) is 80.8 cm³/mol. The molecule has 3 heteroatoms. The molecule has 0 aliphatic carbocycles. The molecule has 2 rings (SSSR count).